The van der Waals surface area contributed by atoms with E-state index in [0.717, 1.165) is 56.9 Å². The van der Waals surface area contributed by atoms with Crippen LogP contribution in [0.5, 0.6) is 0 Å². The Kier molecular flexibility index (Phi) is 15.4. The van der Waals surface area contributed by atoms with Gasteiger partial charge in [-0.05, 0) is 132 Å². The fourth-order valence-corrected chi connectivity index (χ4v) is 5.41. The van der Waals surface area contributed by atoms with E-state index in [9.17, 15) is 9.59 Å². The Morgan fingerprint density at radius 3 is 1.37 bits per heavy atom. The number of carbonyl (C=O) groups excluding carboxylic acids is 2. The maximum Gasteiger partial charge on any atom is 0.190 e. The molecule has 0 saturated carbocycles. The average Bonchev–Trinajstić information content (AvgIpc) is 2.93. The van der Waals surface area contributed by atoms with Crippen molar-refractivity contribution in [2.24, 2.45) is 0 Å². The number of hydrogen-bond donors (Lipinski definition) is 0. The number of Topliss-reactive ketones (excluding diaryl/α,β-unsaturated/α-hetero) is 2. The summed E-state index contributed by atoms with van der Waals surface area (Å²) in [7, 11) is 0. The molecule has 0 saturated heterocycles. The summed E-state index contributed by atoms with van der Waals surface area (Å²) in [5.74, 6) is 0.0241. The van der Waals surface area contributed by atoms with Crippen LogP contribution in [-0.2, 0) is 0 Å². The molecule has 1 aliphatic rings. The average molecular weight is 581 g/mol. The number of fused-ring (bicyclic) bond motifs is 1. The van der Waals surface area contributed by atoms with Crippen LogP contribution >= 0.6 is 0 Å². The Hall–Kier alpha value is -3.26. The summed E-state index contributed by atoms with van der Waals surface area (Å²) in [5.41, 5.74) is 11.4. The first-order chi connectivity index (χ1) is 20.4. The van der Waals surface area contributed by atoms with Crippen LogP contribution in [0.2, 0.25) is 0 Å². The standard InChI is InChI=1S/C41H56O2/c1-29(2)15-10-17-31(5)19-12-21-33(7)25-27-36-37(41(43)39-35(9)23-14-24-38(39)40(36)42)28-26-34(8)22-13-20-32(6)18-11-16-30(3)4/h14-16,19-20,23-26H,10-13,17-18,21-22,27-28H2,1-9H3. The van der Waals surface area contributed by atoms with Crippen molar-refractivity contribution in [3.8, 4) is 0 Å². The van der Waals surface area contributed by atoms with Gasteiger partial charge in [-0.3, -0.25) is 9.59 Å². The summed E-state index contributed by atoms with van der Waals surface area (Å²) in [6.07, 6.45) is 22.9. The normalized spacial score (nSPS) is 14.7. The Labute approximate surface area is 263 Å². The van der Waals surface area contributed by atoms with Crippen LogP contribution < -0.4 is 0 Å². The number of aryl methyl sites for hydroxylation is 1. The zero-order chi connectivity index (χ0) is 31.9. The molecule has 2 heteroatoms. The van der Waals surface area contributed by atoms with Crippen molar-refractivity contribution in [3.05, 3.63) is 116 Å². The van der Waals surface area contributed by atoms with E-state index in [-0.39, 0.29) is 11.6 Å². The van der Waals surface area contributed by atoms with Gasteiger partial charge in [0, 0.05) is 22.3 Å². The molecular formula is C41H56O2. The minimum atomic E-state index is 0.00772. The SMILES string of the molecule is CC(C)=CCCC(C)=CCCC(C)=CCC1=C(CC=C(C)CCC=C(C)CCC=C(C)C)C(=O)c2c(C)cccc2C1=O. The molecule has 0 radical (unpaired) electrons. The lowest BCUT2D eigenvalue weighted by Gasteiger charge is -2.22. The Morgan fingerprint density at radius 2 is 0.930 bits per heavy atom. The number of benzene rings is 1. The van der Waals surface area contributed by atoms with Crippen molar-refractivity contribution in [1.29, 1.82) is 0 Å². The molecule has 232 valence electrons. The number of carbonyl (C=O) groups is 2. The highest BCUT2D eigenvalue weighted by atomic mass is 16.1. The molecular weight excluding hydrogens is 524 g/mol. The van der Waals surface area contributed by atoms with Gasteiger partial charge in [-0.25, -0.2) is 0 Å². The van der Waals surface area contributed by atoms with Gasteiger partial charge in [0.05, 0.1) is 0 Å². The van der Waals surface area contributed by atoms with Gasteiger partial charge in [-0.2, -0.15) is 0 Å². The van der Waals surface area contributed by atoms with E-state index in [2.05, 4.69) is 91.8 Å². The van der Waals surface area contributed by atoms with Crippen LogP contribution in [0.25, 0.3) is 0 Å². The maximum absolute atomic E-state index is 13.8. The third kappa shape index (κ3) is 12.5. The summed E-state index contributed by atoms with van der Waals surface area (Å²) in [5, 5.41) is 0. The molecule has 1 aromatic rings. The number of ketones is 2. The van der Waals surface area contributed by atoms with Crippen LogP contribution in [0.15, 0.2) is 99.2 Å². The Bertz CT molecular complexity index is 1360. The number of hydrogen-bond acceptors (Lipinski definition) is 2. The molecule has 0 unspecified atom stereocenters. The summed E-state index contributed by atoms with van der Waals surface area (Å²) >= 11 is 0. The summed E-state index contributed by atoms with van der Waals surface area (Å²) in [4.78, 5) is 27.5. The lowest BCUT2D eigenvalue weighted by Crippen LogP contribution is -2.23. The highest BCUT2D eigenvalue weighted by Gasteiger charge is 2.31. The first kappa shape index (κ1) is 35.9. The lowest BCUT2D eigenvalue weighted by atomic mass is 9.79. The van der Waals surface area contributed by atoms with Crippen molar-refractivity contribution < 1.29 is 9.59 Å². The molecule has 0 spiro atoms. The van der Waals surface area contributed by atoms with Crippen LogP contribution in [0.1, 0.15) is 146 Å². The maximum atomic E-state index is 13.8. The lowest BCUT2D eigenvalue weighted by molar-refractivity contribution is 0.0971. The van der Waals surface area contributed by atoms with E-state index in [4.69, 9.17) is 0 Å². The summed E-state index contributed by atoms with van der Waals surface area (Å²) in [6.45, 7) is 19.2. The quantitative estimate of drug-likeness (QED) is 0.182. The first-order valence-electron chi connectivity index (χ1n) is 16.2. The molecule has 1 aromatic carbocycles. The van der Waals surface area contributed by atoms with Gasteiger partial charge in [-0.1, -0.05) is 88.1 Å². The van der Waals surface area contributed by atoms with Crippen LogP contribution in [0.3, 0.4) is 0 Å². The predicted octanol–water partition coefficient (Wildman–Crippen LogP) is 12.3. The second-order valence-electron chi connectivity index (χ2n) is 12.9. The zero-order valence-electron chi connectivity index (χ0n) is 28.6. The van der Waals surface area contributed by atoms with Crippen LogP contribution in [-0.4, -0.2) is 11.6 Å². The minimum Gasteiger partial charge on any atom is -0.289 e. The first-order valence-corrected chi connectivity index (χ1v) is 16.2. The van der Waals surface area contributed by atoms with E-state index in [1.807, 2.05) is 25.1 Å². The van der Waals surface area contributed by atoms with Gasteiger partial charge in [0.1, 0.15) is 0 Å². The fourth-order valence-electron chi connectivity index (χ4n) is 5.41. The van der Waals surface area contributed by atoms with E-state index < -0.39 is 0 Å². The van der Waals surface area contributed by atoms with Gasteiger partial charge >= 0.3 is 0 Å². The van der Waals surface area contributed by atoms with Crippen molar-refractivity contribution in [1.82, 2.24) is 0 Å². The fraction of sp³-hybridized carbons (Fsp3) is 0.463. The zero-order valence-corrected chi connectivity index (χ0v) is 28.6. The van der Waals surface area contributed by atoms with Gasteiger partial charge < -0.3 is 0 Å². The highest BCUT2D eigenvalue weighted by molar-refractivity contribution is 6.27. The highest BCUT2D eigenvalue weighted by Crippen LogP contribution is 2.33. The topological polar surface area (TPSA) is 34.1 Å². The van der Waals surface area contributed by atoms with Crippen molar-refractivity contribution >= 4 is 11.6 Å². The minimum absolute atomic E-state index is 0.00772. The van der Waals surface area contributed by atoms with Crippen molar-refractivity contribution in [3.63, 3.8) is 0 Å². The van der Waals surface area contributed by atoms with Gasteiger partial charge in [0.25, 0.3) is 0 Å². The molecule has 0 heterocycles. The third-order valence-corrected chi connectivity index (χ3v) is 8.21. The molecule has 0 aromatic heterocycles. The Morgan fingerprint density at radius 1 is 0.535 bits per heavy atom. The van der Waals surface area contributed by atoms with Gasteiger partial charge in [0.2, 0.25) is 0 Å². The Balaban J connectivity index is 2.17. The molecule has 0 amide bonds. The van der Waals surface area contributed by atoms with E-state index in [1.54, 1.807) is 0 Å². The predicted molar refractivity (Wildman–Crippen MR) is 187 cm³/mol. The molecule has 0 N–H and O–H groups in total. The second-order valence-corrected chi connectivity index (χ2v) is 12.9. The monoisotopic (exact) mass is 580 g/mol. The van der Waals surface area contributed by atoms with E-state index in [0.29, 0.717) is 35.1 Å². The molecule has 0 aliphatic heterocycles. The second kappa shape index (κ2) is 18.4. The number of allylic oxidation sites excluding steroid dienone is 14. The largest absolute Gasteiger partial charge is 0.289 e. The van der Waals surface area contributed by atoms with Crippen molar-refractivity contribution in [2.45, 2.75) is 127 Å². The van der Waals surface area contributed by atoms with Crippen molar-refractivity contribution in [2.75, 3.05) is 0 Å². The van der Waals surface area contributed by atoms with E-state index >= 15 is 0 Å². The smallest absolute Gasteiger partial charge is 0.190 e. The summed E-state index contributed by atoms with van der Waals surface area (Å²) in [6, 6.07) is 5.62. The van der Waals surface area contributed by atoms with Crippen LogP contribution in [0, 0.1) is 6.92 Å². The van der Waals surface area contributed by atoms with Gasteiger partial charge in [-0.15, -0.1) is 0 Å². The third-order valence-electron chi connectivity index (χ3n) is 8.21. The molecule has 43 heavy (non-hydrogen) atoms. The molecule has 1 aliphatic carbocycles. The molecule has 0 bridgehead atoms. The molecule has 0 fully saturated rings. The molecule has 2 rings (SSSR count). The summed E-state index contributed by atoms with van der Waals surface area (Å²) < 4.78 is 0. The molecule has 0 atom stereocenters. The van der Waals surface area contributed by atoms with E-state index in [1.165, 1.54) is 33.4 Å². The molecule has 2 nitrogen and oxygen atoms in total. The number of rotatable bonds is 16. The van der Waals surface area contributed by atoms with Gasteiger partial charge in [0.15, 0.2) is 11.6 Å². The van der Waals surface area contributed by atoms with Crippen LogP contribution in [0.4, 0.5) is 0 Å².